The number of carbonyl (C=O) groups excluding carboxylic acids is 2. The van der Waals surface area contributed by atoms with Gasteiger partial charge < -0.3 is 15.3 Å². The molecule has 3 rings (SSSR count). The summed E-state index contributed by atoms with van der Waals surface area (Å²) in [6.45, 7) is 12.2. The van der Waals surface area contributed by atoms with Crippen LogP contribution in [-0.2, 0) is 16.0 Å². The van der Waals surface area contributed by atoms with Gasteiger partial charge in [-0.1, -0.05) is 36.4 Å². The number of hydrogen-bond donors (Lipinski definition) is 2. The highest BCUT2D eigenvalue weighted by atomic mass is 35.5. The van der Waals surface area contributed by atoms with Crippen molar-refractivity contribution in [1.82, 2.24) is 15.1 Å². The zero-order chi connectivity index (χ0) is 24.1. The highest BCUT2D eigenvalue weighted by Crippen LogP contribution is 2.34. The lowest BCUT2D eigenvalue weighted by Crippen LogP contribution is -2.50. The van der Waals surface area contributed by atoms with E-state index in [1.165, 1.54) is 0 Å². The number of rotatable bonds is 8. The van der Waals surface area contributed by atoms with Crippen LogP contribution in [0.25, 0.3) is 0 Å². The normalized spacial score (nSPS) is 16.2. The maximum absolute atomic E-state index is 13.5. The predicted octanol–water partition coefficient (Wildman–Crippen LogP) is 4.28. The molecule has 1 aliphatic heterocycles. The maximum Gasteiger partial charge on any atom is 0.247 e. The number of fused-ring (bicyclic) bond motifs is 1. The Morgan fingerprint density at radius 1 is 1.06 bits per heavy atom. The van der Waals surface area contributed by atoms with Gasteiger partial charge >= 0.3 is 0 Å². The summed E-state index contributed by atoms with van der Waals surface area (Å²) in [5.74, 6) is -0.416. The number of phenolic OH excluding ortho intramolecular Hbond substituents is 1. The Kier molecular flexibility index (Phi) is 9.95. The van der Waals surface area contributed by atoms with E-state index in [0.717, 1.165) is 23.2 Å². The quantitative estimate of drug-likeness (QED) is 0.583. The number of phenols is 1. The van der Waals surface area contributed by atoms with Crippen LogP contribution in [0.4, 0.5) is 0 Å². The highest BCUT2D eigenvalue weighted by Gasteiger charge is 2.37. The van der Waals surface area contributed by atoms with Crippen LogP contribution in [-0.4, -0.2) is 58.4 Å². The van der Waals surface area contributed by atoms with Gasteiger partial charge in [-0.3, -0.25) is 14.5 Å². The summed E-state index contributed by atoms with van der Waals surface area (Å²) < 4.78 is 0. The van der Waals surface area contributed by atoms with E-state index in [1.807, 2.05) is 37.3 Å². The van der Waals surface area contributed by atoms with Crippen molar-refractivity contribution in [2.75, 3.05) is 19.6 Å². The van der Waals surface area contributed by atoms with Crippen molar-refractivity contribution in [3.05, 3.63) is 65.2 Å². The molecular formula is C27H38ClN3O3. The Bertz CT molecular complexity index is 957. The molecule has 7 heteroatoms. The molecule has 2 aromatic rings. The molecule has 2 atom stereocenters. The molecule has 186 valence electrons. The minimum Gasteiger partial charge on any atom is -0.508 e. The largest absolute Gasteiger partial charge is 0.508 e. The van der Waals surface area contributed by atoms with E-state index in [2.05, 4.69) is 37.9 Å². The summed E-state index contributed by atoms with van der Waals surface area (Å²) in [5, 5.41) is 13.0. The minimum absolute atomic E-state index is 0. The van der Waals surface area contributed by atoms with Gasteiger partial charge in [0.15, 0.2) is 0 Å². The standard InChI is InChI=1S/C27H37N3O3.ClH/c1-18(2)29(19(3)4)16-14-28-26(32)25-24-12-11-23(31)17-22(24)13-15-30(25)27(33)20(5)21-9-7-6-8-10-21;/h6-12,17-20,25,31H,13-16H2,1-5H3,(H,28,32);1H. The fourth-order valence-electron chi connectivity index (χ4n) is 4.78. The van der Waals surface area contributed by atoms with Crippen molar-refractivity contribution >= 4 is 24.2 Å². The number of nitrogens with one attached hydrogen (secondary N) is 1. The van der Waals surface area contributed by atoms with Crippen LogP contribution >= 0.6 is 12.4 Å². The number of benzene rings is 2. The van der Waals surface area contributed by atoms with Gasteiger partial charge in [0, 0.05) is 31.7 Å². The van der Waals surface area contributed by atoms with Gasteiger partial charge in [0.05, 0.1) is 5.92 Å². The van der Waals surface area contributed by atoms with Gasteiger partial charge in [-0.15, -0.1) is 12.4 Å². The molecule has 0 saturated heterocycles. The Hall–Kier alpha value is -2.57. The second kappa shape index (κ2) is 12.2. The van der Waals surface area contributed by atoms with Crippen LogP contribution in [0.1, 0.15) is 63.3 Å². The first-order chi connectivity index (χ1) is 15.7. The Balaban J connectivity index is 0.00000408. The predicted molar refractivity (Wildman–Crippen MR) is 138 cm³/mol. The number of carbonyl (C=O) groups is 2. The Labute approximate surface area is 209 Å². The molecule has 34 heavy (non-hydrogen) atoms. The molecule has 0 aromatic heterocycles. The third-order valence-corrected chi connectivity index (χ3v) is 6.55. The van der Waals surface area contributed by atoms with Crippen LogP contribution < -0.4 is 5.32 Å². The zero-order valence-corrected chi connectivity index (χ0v) is 21.6. The molecule has 2 N–H and O–H groups in total. The molecular weight excluding hydrogens is 450 g/mol. The van der Waals surface area contributed by atoms with E-state index in [9.17, 15) is 14.7 Å². The first-order valence-electron chi connectivity index (χ1n) is 11.9. The van der Waals surface area contributed by atoms with Gasteiger partial charge in [-0.05, 0) is 69.9 Å². The third kappa shape index (κ3) is 6.30. The number of halogens is 1. The van der Waals surface area contributed by atoms with Crippen LogP contribution in [0.2, 0.25) is 0 Å². The Morgan fingerprint density at radius 2 is 1.71 bits per heavy atom. The molecule has 0 radical (unpaired) electrons. The van der Waals surface area contributed by atoms with Crippen molar-refractivity contribution in [2.45, 2.75) is 65.1 Å². The summed E-state index contributed by atoms with van der Waals surface area (Å²) in [7, 11) is 0. The summed E-state index contributed by atoms with van der Waals surface area (Å²) in [4.78, 5) is 31.0. The van der Waals surface area contributed by atoms with Gasteiger partial charge in [-0.25, -0.2) is 0 Å². The monoisotopic (exact) mass is 487 g/mol. The molecule has 1 aliphatic rings. The summed E-state index contributed by atoms with van der Waals surface area (Å²) in [6.07, 6.45) is 0.606. The fourth-order valence-corrected chi connectivity index (χ4v) is 4.78. The highest BCUT2D eigenvalue weighted by molar-refractivity contribution is 5.92. The molecule has 6 nitrogen and oxygen atoms in total. The van der Waals surface area contributed by atoms with Gasteiger partial charge in [0.1, 0.15) is 11.8 Å². The first kappa shape index (κ1) is 27.7. The first-order valence-corrected chi connectivity index (χ1v) is 11.9. The van der Waals surface area contributed by atoms with Crippen LogP contribution in [0, 0.1) is 0 Å². The molecule has 0 aliphatic carbocycles. The molecule has 2 unspecified atom stereocenters. The number of amides is 2. The van der Waals surface area contributed by atoms with E-state index >= 15 is 0 Å². The van der Waals surface area contributed by atoms with Gasteiger partial charge in [0.2, 0.25) is 11.8 Å². The molecule has 0 bridgehead atoms. The van der Waals surface area contributed by atoms with Crippen LogP contribution in [0.5, 0.6) is 5.75 Å². The topological polar surface area (TPSA) is 72.9 Å². The van der Waals surface area contributed by atoms with E-state index < -0.39 is 6.04 Å². The lowest BCUT2D eigenvalue weighted by molar-refractivity contribution is -0.142. The summed E-state index contributed by atoms with van der Waals surface area (Å²) in [6, 6.07) is 14.8. The van der Waals surface area contributed by atoms with Crippen LogP contribution in [0.3, 0.4) is 0 Å². The average molecular weight is 488 g/mol. The van der Waals surface area contributed by atoms with Crippen LogP contribution in [0.15, 0.2) is 48.5 Å². The zero-order valence-electron chi connectivity index (χ0n) is 20.8. The molecule has 2 aromatic carbocycles. The van der Waals surface area contributed by atoms with Crippen molar-refractivity contribution in [3.8, 4) is 5.75 Å². The van der Waals surface area contributed by atoms with E-state index in [0.29, 0.717) is 31.6 Å². The van der Waals surface area contributed by atoms with E-state index in [-0.39, 0.29) is 35.9 Å². The molecule has 0 fully saturated rings. The lowest BCUT2D eigenvalue weighted by atomic mass is 9.89. The van der Waals surface area contributed by atoms with E-state index in [4.69, 9.17) is 0 Å². The van der Waals surface area contributed by atoms with E-state index in [1.54, 1.807) is 23.1 Å². The average Bonchev–Trinajstić information content (AvgIpc) is 2.79. The maximum atomic E-state index is 13.5. The summed E-state index contributed by atoms with van der Waals surface area (Å²) >= 11 is 0. The second-order valence-electron chi connectivity index (χ2n) is 9.42. The van der Waals surface area contributed by atoms with Crippen molar-refractivity contribution in [1.29, 1.82) is 0 Å². The minimum atomic E-state index is -0.709. The molecule has 0 spiro atoms. The lowest BCUT2D eigenvalue weighted by Gasteiger charge is -2.38. The molecule has 2 amide bonds. The summed E-state index contributed by atoms with van der Waals surface area (Å²) in [5.41, 5.74) is 2.63. The SMILES string of the molecule is CC(C(=O)N1CCc2cc(O)ccc2C1C(=O)NCCN(C(C)C)C(C)C)c1ccccc1.Cl. The Morgan fingerprint density at radius 3 is 2.32 bits per heavy atom. The van der Waals surface area contributed by atoms with Crippen molar-refractivity contribution < 1.29 is 14.7 Å². The third-order valence-electron chi connectivity index (χ3n) is 6.55. The second-order valence-corrected chi connectivity index (χ2v) is 9.42. The fraction of sp³-hybridized carbons (Fsp3) is 0.481. The van der Waals surface area contributed by atoms with Gasteiger partial charge in [0.25, 0.3) is 0 Å². The molecule has 1 heterocycles. The van der Waals surface area contributed by atoms with Crippen molar-refractivity contribution in [2.24, 2.45) is 0 Å². The smallest absolute Gasteiger partial charge is 0.247 e. The number of aromatic hydroxyl groups is 1. The van der Waals surface area contributed by atoms with Gasteiger partial charge in [-0.2, -0.15) is 0 Å². The molecule has 0 saturated carbocycles. The van der Waals surface area contributed by atoms with Crippen molar-refractivity contribution in [3.63, 3.8) is 0 Å². The number of hydrogen-bond acceptors (Lipinski definition) is 4. The number of nitrogens with zero attached hydrogens (tertiary/aromatic N) is 2.